The first-order chi connectivity index (χ1) is 15.2. The zero-order chi connectivity index (χ0) is 23.2. The molecule has 1 aliphatic carbocycles. The molecule has 1 aliphatic heterocycles. The molecule has 1 aromatic carbocycles. The van der Waals surface area contributed by atoms with Crippen LogP contribution in [-0.2, 0) is 10.2 Å². The zero-order valence-electron chi connectivity index (χ0n) is 20.2. The molecule has 2 aromatic rings. The molecule has 4 nitrogen and oxygen atoms in total. The average molecular weight is 433 g/mol. The van der Waals surface area contributed by atoms with Crippen LogP contribution < -0.4 is 5.32 Å². The number of hydrogen-bond acceptors (Lipinski definition) is 4. The molecule has 0 spiro atoms. The average Bonchev–Trinajstić information content (AvgIpc) is 2.77. The highest BCUT2D eigenvalue weighted by Gasteiger charge is 2.44. The highest BCUT2D eigenvalue weighted by molar-refractivity contribution is 5.96. The van der Waals surface area contributed by atoms with Gasteiger partial charge in [-0.2, -0.15) is 0 Å². The van der Waals surface area contributed by atoms with E-state index in [1.807, 2.05) is 12.4 Å². The number of pyridine rings is 1. The Balaban J connectivity index is 2.11. The first kappa shape index (κ1) is 22.6. The molecular weight excluding hydrogens is 396 g/mol. The Labute approximate surface area is 192 Å². The van der Waals surface area contributed by atoms with Crippen LogP contribution in [0.2, 0.25) is 0 Å². The number of ether oxygens (including phenoxy) is 1. The second kappa shape index (κ2) is 8.40. The Morgan fingerprint density at radius 3 is 2.81 bits per heavy atom. The molecule has 4 heteroatoms. The molecule has 4 rings (SSSR count). The van der Waals surface area contributed by atoms with E-state index < -0.39 is 0 Å². The third-order valence-corrected chi connectivity index (χ3v) is 7.49. The van der Waals surface area contributed by atoms with Crippen LogP contribution in [0.15, 0.2) is 54.1 Å². The molecule has 0 bridgehead atoms. The number of methoxy groups -OCH3 is 1. The molecule has 3 unspecified atom stereocenters. The zero-order valence-corrected chi connectivity index (χ0v) is 20.2. The van der Waals surface area contributed by atoms with E-state index in [1.165, 1.54) is 33.2 Å². The number of benzene rings is 1. The van der Waals surface area contributed by atoms with Crippen molar-refractivity contribution in [1.82, 2.24) is 10.3 Å². The second-order valence-corrected chi connectivity index (χ2v) is 9.90. The smallest absolute Gasteiger partial charge is 0.108 e. The summed E-state index contributed by atoms with van der Waals surface area (Å²) in [5.41, 5.74) is 7.46. The lowest BCUT2D eigenvalue weighted by molar-refractivity contribution is 0.179. The molecule has 0 fully saturated rings. The standard InChI is InChI=1S/C28H36N2O2/c1-8-16(2)13-23-17(3)26-24-22(21(10-12-32-7)27(30-26)18(4)31)14-19-15-29-11-9-20(19)25(24)28(23,5)6/h9,11,13-16,21,27,30-31H,4,8,10,12H2,1-3,5-7H3/b23-13+. The number of aromatic nitrogens is 1. The lowest BCUT2D eigenvalue weighted by atomic mass is 9.63. The molecule has 170 valence electrons. The van der Waals surface area contributed by atoms with Crippen molar-refractivity contribution < 1.29 is 9.84 Å². The first-order valence-corrected chi connectivity index (χ1v) is 11.7. The highest BCUT2D eigenvalue weighted by Crippen LogP contribution is 2.53. The molecule has 2 heterocycles. The van der Waals surface area contributed by atoms with Crippen LogP contribution in [0.1, 0.15) is 70.1 Å². The van der Waals surface area contributed by atoms with Gasteiger partial charge in [0.2, 0.25) is 0 Å². The predicted octanol–water partition coefficient (Wildman–Crippen LogP) is 6.39. The van der Waals surface area contributed by atoms with Crippen LogP contribution in [0, 0.1) is 5.92 Å². The maximum Gasteiger partial charge on any atom is 0.108 e. The number of rotatable bonds is 6. The summed E-state index contributed by atoms with van der Waals surface area (Å²) in [5.74, 6) is 0.722. The van der Waals surface area contributed by atoms with Gasteiger partial charge in [-0.25, -0.2) is 0 Å². The molecule has 0 saturated carbocycles. The van der Waals surface area contributed by atoms with Gasteiger partial charge in [-0.05, 0) is 59.1 Å². The Bertz CT molecular complexity index is 1130. The van der Waals surface area contributed by atoms with Crippen LogP contribution in [0.3, 0.4) is 0 Å². The molecule has 0 radical (unpaired) electrons. The number of nitrogens with one attached hydrogen (secondary N) is 1. The van der Waals surface area contributed by atoms with Crippen molar-refractivity contribution in [2.24, 2.45) is 5.92 Å². The van der Waals surface area contributed by atoms with Crippen molar-refractivity contribution in [3.05, 3.63) is 70.8 Å². The van der Waals surface area contributed by atoms with Crippen molar-refractivity contribution in [3.63, 3.8) is 0 Å². The summed E-state index contributed by atoms with van der Waals surface area (Å²) < 4.78 is 5.44. The SMILES string of the molecule is C=C(O)C1NC2=C(C)/C(=C\C(C)CC)C(C)(C)c3c2c(cc2cnccc32)C1CCOC. The molecule has 1 aromatic heterocycles. The van der Waals surface area contributed by atoms with E-state index in [0.29, 0.717) is 12.5 Å². The van der Waals surface area contributed by atoms with Crippen LogP contribution in [0.4, 0.5) is 0 Å². The van der Waals surface area contributed by atoms with Crippen LogP contribution in [0.25, 0.3) is 16.5 Å². The molecular formula is C28H36N2O2. The van der Waals surface area contributed by atoms with E-state index in [1.54, 1.807) is 7.11 Å². The molecule has 32 heavy (non-hydrogen) atoms. The summed E-state index contributed by atoms with van der Waals surface area (Å²) >= 11 is 0. The predicted molar refractivity (Wildman–Crippen MR) is 133 cm³/mol. The van der Waals surface area contributed by atoms with Crippen molar-refractivity contribution in [2.45, 2.75) is 64.8 Å². The van der Waals surface area contributed by atoms with E-state index in [0.717, 1.165) is 23.9 Å². The van der Waals surface area contributed by atoms with Gasteiger partial charge in [-0.3, -0.25) is 4.98 Å². The summed E-state index contributed by atoms with van der Waals surface area (Å²) in [6, 6.07) is 4.16. The first-order valence-electron chi connectivity index (χ1n) is 11.7. The number of aliphatic hydroxyl groups is 1. The summed E-state index contributed by atoms with van der Waals surface area (Å²) in [6.07, 6.45) is 8.19. The minimum Gasteiger partial charge on any atom is -0.511 e. The lowest BCUT2D eigenvalue weighted by Gasteiger charge is -2.46. The van der Waals surface area contributed by atoms with Crippen LogP contribution in [0.5, 0.6) is 0 Å². The van der Waals surface area contributed by atoms with Gasteiger partial charge >= 0.3 is 0 Å². The lowest BCUT2D eigenvalue weighted by Crippen LogP contribution is -2.44. The van der Waals surface area contributed by atoms with Crippen molar-refractivity contribution in [1.29, 1.82) is 0 Å². The van der Waals surface area contributed by atoms with E-state index in [-0.39, 0.29) is 23.1 Å². The van der Waals surface area contributed by atoms with Gasteiger partial charge in [0.15, 0.2) is 0 Å². The Kier molecular flexibility index (Phi) is 5.93. The number of aliphatic hydroxyl groups excluding tert-OH is 1. The quantitative estimate of drug-likeness (QED) is 0.519. The Hall–Kier alpha value is -2.59. The van der Waals surface area contributed by atoms with Crippen molar-refractivity contribution >= 4 is 16.5 Å². The van der Waals surface area contributed by atoms with Gasteiger partial charge in [0.25, 0.3) is 0 Å². The van der Waals surface area contributed by atoms with E-state index in [9.17, 15) is 5.11 Å². The minimum absolute atomic E-state index is 0.0678. The molecule has 3 atom stereocenters. The Morgan fingerprint density at radius 1 is 1.41 bits per heavy atom. The monoisotopic (exact) mass is 432 g/mol. The largest absolute Gasteiger partial charge is 0.511 e. The number of nitrogens with zero attached hydrogens (tertiary/aromatic N) is 1. The van der Waals surface area contributed by atoms with Crippen molar-refractivity contribution in [2.75, 3.05) is 13.7 Å². The number of fused-ring (bicyclic) bond motifs is 2. The molecule has 0 saturated heterocycles. The number of allylic oxidation sites excluding steroid dienone is 3. The third kappa shape index (κ3) is 3.45. The van der Waals surface area contributed by atoms with Gasteiger partial charge in [0.05, 0.1) is 6.04 Å². The van der Waals surface area contributed by atoms with Gasteiger partial charge in [-0.15, -0.1) is 0 Å². The van der Waals surface area contributed by atoms with Crippen LogP contribution >= 0.6 is 0 Å². The van der Waals surface area contributed by atoms with Crippen LogP contribution in [-0.4, -0.2) is 29.8 Å². The van der Waals surface area contributed by atoms with Gasteiger partial charge in [0, 0.05) is 54.1 Å². The summed E-state index contributed by atoms with van der Waals surface area (Å²) in [7, 11) is 1.73. The summed E-state index contributed by atoms with van der Waals surface area (Å²) in [4.78, 5) is 4.43. The fraction of sp³-hybridized carbons (Fsp3) is 0.464. The highest BCUT2D eigenvalue weighted by atomic mass is 16.5. The van der Waals surface area contributed by atoms with E-state index in [4.69, 9.17) is 4.74 Å². The minimum atomic E-state index is -0.254. The fourth-order valence-corrected chi connectivity index (χ4v) is 5.64. The second-order valence-electron chi connectivity index (χ2n) is 9.90. The maximum atomic E-state index is 10.6. The normalized spacial score (nSPS) is 23.8. The maximum absolute atomic E-state index is 10.6. The van der Waals surface area contributed by atoms with E-state index in [2.05, 4.69) is 69.7 Å². The summed E-state index contributed by atoms with van der Waals surface area (Å²) in [5, 5.41) is 16.7. The van der Waals surface area contributed by atoms with Gasteiger partial charge in [0.1, 0.15) is 5.76 Å². The number of hydrogen-bond donors (Lipinski definition) is 2. The molecule has 0 amide bonds. The molecule has 2 N–H and O–H groups in total. The molecule has 2 aliphatic rings. The third-order valence-electron chi connectivity index (χ3n) is 7.49. The fourth-order valence-electron chi connectivity index (χ4n) is 5.64. The summed E-state index contributed by atoms with van der Waals surface area (Å²) in [6.45, 7) is 16.0. The van der Waals surface area contributed by atoms with Crippen molar-refractivity contribution in [3.8, 4) is 0 Å². The van der Waals surface area contributed by atoms with E-state index >= 15 is 0 Å². The topological polar surface area (TPSA) is 54.4 Å². The van der Waals surface area contributed by atoms with Gasteiger partial charge < -0.3 is 15.2 Å². The van der Waals surface area contributed by atoms with Gasteiger partial charge in [-0.1, -0.05) is 46.8 Å². The Morgan fingerprint density at radius 2 is 2.16 bits per heavy atom.